The van der Waals surface area contributed by atoms with Gasteiger partial charge in [-0.3, -0.25) is 0 Å². The summed E-state index contributed by atoms with van der Waals surface area (Å²) in [6.45, 7) is 5.91. The van der Waals surface area contributed by atoms with Crippen LogP contribution in [0, 0.1) is 5.92 Å². The van der Waals surface area contributed by atoms with E-state index in [2.05, 4.69) is 13.8 Å². The fraction of sp³-hybridized carbons (Fsp3) is 0.778. The lowest BCUT2D eigenvalue weighted by atomic mass is 10.1. The molecule has 0 rings (SSSR count). The van der Waals surface area contributed by atoms with E-state index in [0.717, 1.165) is 12.8 Å². The molecule has 72 valence electrons. The Hall–Kier alpha value is -0.310. The molecule has 0 atom stereocenters. The van der Waals surface area contributed by atoms with Crippen molar-refractivity contribution in [3.05, 3.63) is 11.0 Å². The SMILES string of the molecule is C/C(=C\CCC(C)C)S(C)(=O)=O. The minimum Gasteiger partial charge on any atom is -0.224 e. The highest BCUT2D eigenvalue weighted by atomic mass is 32.2. The lowest BCUT2D eigenvalue weighted by Gasteiger charge is -2.01. The first-order chi connectivity index (χ1) is 5.34. The number of hydrogen-bond acceptors (Lipinski definition) is 2. The van der Waals surface area contributed by atoms with E-state index in [1.54, 1.807) is 13.0 Å². The van der Waals surface area contributed by atoms with Crippen molar-refractivity contribution in [3.8, 4) is 0 Å². The first-order valence-corrected chi connectivity index (χ1v) is 6.10. The maximum Gasteiger partial charge on any atom is 0.171 e. The molecule has 0 spiro atoms. The summed E-state index contributed by atoms with van der Waals surface area (Å²) in [5, 5.41) is 0. The summed E-state index contributed by atoms with van der Waals surface area (Å²) in [6.07, 6.45) is 4.95. The predicted octanol–water partition coefficient (Wildman–Crippen LogP) is 2.37. The fourth-order valence-corrected chi connectivity index (χ4v) is 1.19. The van der Waals surface area contributed by atoms with Gasteiger partial charge in [-0.15, -0.1) is 0 Å². The van der Waals surface area contributed by atoms with Crippen molar-refractivity contribution >= 4 is 9.84 Å². The maximum absolute atomic E-state index is 10.9. The summed E-state index contributed by atoms with van der Waals surface area (Å²) in [5.74, 6) is 0.633. The quantitative estimate of drug-likeness (QED) is 0.682. The van der Waals surface area contributed by atoms with Gasteiger partial charge in [0.2, 0.25) is 0 Å². The van der Waals surface area contributed by atoms with Crippen LogP contribution in [-0.2, 0) is 9.84 Å². The Bertz CT molecular complexity index is 248. The minimum atomic E-state index is -2.94. The molecule has 0 N–H and O–H groups in total. The van der Waals surface area contributed by atoms with Crippen molar-refractivity contribution in [1.29, 1.82) is 0 Å². The Morgan fingerprint density at radius 1 is 1.42 bits per heavy atom. The molecule has 0 fully saturated rings. The lowest BCUT2D eigenvalue weighted by Crippen LogP contribution is -1.97. The van der Waals surface area contributed by atoms with Crippen LogP contribution in [0.2, 0.25) is 0 Å². The van der Waals surface area contributed by atoms with Gasteiger partial charge in [-0.25, -0.2) is 8.42 Å². The molecule has 0 aromatic carbocycles. The zero-order valence-corrected chi connectivity index (χ0v) is 9.11. The number of hydrogen-bond donors (Lipinski definition) is 0. The molecule has 0 radical (unpaired) electrons. The highest BCUT2D eigenvalue weighted by Crippen LogP contribution is 2.09. The lowest BCUT2D eigenvalue weighted by molar-refractivity contribution is 0.591. The smallest absolute Gasteiger partial charge is 0.171 e. The predicted molar refractivity (Wildman–Crippen MR) is 52.7 cm³/mol. The monoisotopic (exact) mass is 190 g/mol. The van der Waals surface area contributed by atoms with Gasteiger partial charge in [-0.1, -0.05) is 19.9 Å². The van der Waals surface area contributed by atoms with Crippen LogP contribution in [-0.4, -0.2) is 14.7 Å². The van der Waals surface area contributed by atoms with E-state index in [-0.39, 0.29) is 0 Å². The van der Waals surface area contributed by atoms with Crippen molar-refractivity contribution in [1.82, 2.24) is 0 Å². The van der Waals surface area contributed by atoms with Gasteiger partial charge in [0.15, 0.2) is 9.84 Å². The van der Waals surface area contributed by atoms with E-state index < -0.39 is 9.84 Å². The van der Waals surface area contributed by atoms with E-state index in [1.165, 1.54) is 6.26 Å². The van der Waals surface area contributed by atoms with Crippen LogP contribution >= 0.6 is 0 Å². The minimum absolute atomic E-state index is 0.489. The fourth-order valence-electron chi connectivity index (χ4n) is 0.771. The topological polar surface area (TPSA) is 34.1 Å². The largest absolute Gasteiger partial charge is 0.224 e. The summed E-state index contributed by atoms with van der Waals surface area (Å²) in [6, 6.07) is 0. The third-order valence-corrected chi connectivity index (χ3v) is 3.10. The molecule has 0 aliphatic heterocycles. The van der Waals surface area contributed by atoms with Crippen molar-refractivity contribution in [3.63, 3.8) is 0 Å². The van der Waals surface area contributed by atoms with E-state index in [0.29, 0.717) is 10.8 Å². The highest BCUT2D eigenvalue weighted by Gasteiger charge is 2.03. The number of allylic oxidation sites excluding steroid dienone is 2. The summed E-state index contributed by atoms with van der Waals surface area (Å²) in [7, 11) is -2.94. The van der Waals surface area contributed by atoms with Crippen molar-refractivity contribution in [2.45, 2.75) is 33.6 Å². The van der Waals surface area contributed by atoms with Gasteiger partial charge < -0.3 is 0 Å². The first-order valence-electron chi connectivity index (χ1n) is 4.21. The van der Waals surface area contributed by atoms with Crippen LogP contribution in [0.3, 0.4) is 0 Å². The second kappa shape index (κ2) is 4.65. The van der Waals surface area contributed by atoms with E-state index in [9.17, 15) is 8.42 Å². The molecule has 0 bridgehead atoms. The third-order valence-electron chi connectivity index (χ3n) is 1.76. The molecule has 3 heteroatoms. The Labute approximate surface area is 75.6 Å². The van der Waals surface area contributed by atoms with Crippen molar-refractivity contribution in [2.24, 2.45) is 5.92 Å². The summed E-state index contributed by atoms with van der Waals surface area (Å²) in [5.41, 5.74) is 0. The van der Waals surface area contributed by atoms with Crippen molar-refractivity contribution in [2.75, 3.05) is 6.26 Å². The molecule has 0 unspecified atom stereocenters. The Kier molecular flexibility index (Phi) is 4.53. The zero-order chi connectivity index (χ0) is 9.78. The Morgan fingerprint density at radius 3 is 2.25 bits per heavy atom. The van der Waals surface area contributed by atoms with E-state index >= 15 is 0 Å². The van der Waals surface area contributed by atoms with Crippen LogP contribution in [0.5, 0.6) is 0 Å². The second-order valence-electron chi connectivity index (χ2n) is 3.56. The van der Waals surface area contributed by atoms with Gasteiger partial charge in [0, 0.05) is 11.2 Å². The van der Waals surface area contributed by atoms with Gasteiger partial charge in [0.05, 0.1) is 0 Å². The molecule has 0 saturated carbocycles. The average Bonchev–Trinajstić information content (AvgIpc) is 1.84. The third kappa shape index (κ3) is 5.35. The number of sulfone groups is 1. The molecule has 12 heavy (non-hydrogen) atoms. The van der Waals surface area contributed by atoms with Gasteiger partial charge in [0.25, 0.3) is 0 Å². The first kappa shape index (κ1) is 11.7. The van der Waals surface area contributed by atoms with Gasteiger partial charge in [-0.2, -0.15) is 0 Å². The summed E-state index contributed by atoms with van der Waals surface area (Å²) in [4.78, 5) is 0.489. The van der Waals surface area contributed by atoms with E-state index in [1.807, 2.05) is 0 Å². The van der Waals surface area contributed by atoms with Crippen LogP contribution in [0.4, 0.5) is 0 Å². The van der Waals surface area contributed by atoms with Crippen LogP contribution < -0.4 is 0 Å². The van der Waals surface area contributed by atoms with Gasteiger partial charge >= 0.3 is 0 Å². The van der Waals surface area contributed by atoms with Crippen LogP contribution in [0.1, 0.15) is 33.6 Å². The molecule has 0 aromatic rings. The molecule has 0 heterocycles. The highest BCUT2D eigenvalue weighted by molar-refractivity contribution is 7.94. The molecular weight excluding hydrogens is 172 g/mol. The van der Waals surface area contributed by atoms with Gasteiger partial charge in [-0.05, 0) is 25.7 Å². The molecule has 0 aromatic heterocycles. The molecule has 2 nitrogen and oxygen atoms in total. The molecular formula is C9H18O2S. The Morgan fingerprint density at radius 2 is 1.92 bits per heavy atom. The van der Waals surface area contributed by atoms with Crippen LogP contribution in [0.25, 0.3) is 0 Å². The molecule has 0 aliphatic rings. The van der Waals surface area contributed by atoms with Crippen molar-refractivity contribution < 1.29 is 8.42 Å². The Balaban J connectivity index is 4.04. The molecule has 0 saturated heterocycles. The summed E-state index contributed by atoms with van der Waals surface area (Å²) >= 11 is 0. The number of rotatable bonds is 4. The van der Waals surface area contributed by atoms with Crippen LogP contribution in [0.15, 0.2) is 11.0 Å². The second-order valence-corrected chi connectivity index (χ2v) is 5.75. The van der Waals surface area contributed by atoms with E-state index in [4.69, 9.17) is 0 Å². The van der Waals surface area contributed by atoms with Gasteiger partial charge in [0.1, 0.15) is 0 Å². The summed E-state index contributed by atoms with van der Waals surface area (Å²) < 4.78 is 21.9. The standard InChI is InChI=1S/C9H18O2S/c1-8(2)6-5-7-9(3)12(4,10)11/h7-8H,5-6H2,1-4H3/b9-7+. The zero-order valence-electron chi connectivity index (χ0n) is 8.29. The maximum atomic E-state index is 10.9. The molecule has 0 aliphatic carbocycles. The molecule has 0 amide bonds. The average molecular weight is 190 g/mol. The normalized spacial score (nSPS) is 13.9.